The largest absolute Gasteiger partial charge is 0.481 e. The van der Waals surface area contributed by atoms with Crippen LogP contribution in [0, 0.1) is 6.92 Å². The molecule has 21 heavy (non-hydrogen) atoms. The van der Waals surface area contributed by atoms with E-state index < -0.39 is 0 Å². The summed E-state index contributed by atoms with van der Waals surface area (Å²) in [7, 11) is 0. The van der Waals surface area contributed by atoms with Gasteiger partial charge < -0.3 is 10.5 Å². The van der Waals surface area contributed by atoms with Crippen molar-refractivity contribution in [2.24, 2.45) is 0 Å². The van der Waals surface area contributed by atoms with Crippen molar-refractivity contribution >= 4 is 17.3 Å². The number of amides is 1. The first-order chi connectivity index (χ1) is 10.1. The summed E-state index contributed by atoms with van der Waals surface area (Å²) in [6.45, 7) is 4.12. The van der Waals surface area contributed by atoms with Gasteiger partial charge in [0.15, 0.2) is 6.61 Å². The molecule has 0 aromatic heterocycles. The number of aryl methyl sites for hydroxylation is 1. The van der Waals surface area contributed by atoms with Gasteiger partial charge in [-0.05, 0) is 31.5 Å². The molecular weight excluding hydrogens is 264 g/mol. The van der Waals surface area contributed by atoms with E-state index in [-0.39, 0.29) is 18.6 Å². The first-order valence-corrected chi connectivity index (χ1v) is 6.97. The zero-order valence-corrected chi connectivity index (χ0v) is 12.2. The number of hydrogen-bond acceptors (Lipinski definition) is 3. The Bertz CT molecular complexity index is 697. The van der Waals surface area contributed by atoms with Gasteiger partial charge in [0, 0.05) is 11.8 Å². The van der Waals surface area contributed by atoms with Gasteiger partial charge in [0.25, 0.3) is 5.91 Å². The predicted molar refractivity (Wildman–Crippen MR) is 83.4 cm³/mol. The van der Waals surface area contributed by atoms with Crippen LogP contribution in [-0.2, 0) is 4.79 Å². The third-order valence-corrected chi connectivity index (χ3v) is 3.78. The number of fused-ring (bicyclic) bond motifs is 1. The van der Waals surface area contributed by atoms with Crippen LogP contribution in [0.25, 0.3) is 0 Å². The third kappa shape index (κ3) is 2.44. The number of carbonyl (C=O) groups excluding carboxylic acids is 1. The van der Waals surface area contributed by atoms with Gasteiger partial charge in [0.05, 0.1) is 11.7 Å². The zero-order chi connectivity index (χ0) is 15.0. The van der Waals surface area contributed by atoms with Crippen LogP contribution in [0.4, 0.5) is 11.4 Å². The number of anilines is 2. The molecule has 0 radical (unpaired) electrons. The van der Waals surface area contributed by atoms with Crippen LogP contribution in [0.15, 0.2) is 42.5 Å². The van der Waals surface area contributed by atoms with Crippen LogP contribution in [0.5, 0.6) is 5.75 Å². The van der Waals surface area contributed by atoms with Gasteiger partial charge in [-0.3, -0.25) is 9.69 Å². The van der Waals surface area contributed by atoms with E-state index in [1.807, 2.05) is 38.1 Å². The quantitative estimate of drug-likeness (QED) is 0.861. The number of ether oxygens (including phenoxy) is 1. The van der Waals surface area contributed by atoms with Crippen molar-refractivity contribution in [3.63, 3.8) is 0 Å². The fraction of sp³-hybridized carbons (Fsp3) is 0.235. The average Bonchev–Trinajstić information content (AvgIpc) is 2.47. The Labute approximate surface area is 124 Å². The lowest BCUT2D eigenvalue weighted by Gasteiger charge is -2.34. The van der Waals surface area contributed by atoms with Crippen molar-refractivity contribution in [3.8, 4) is 5.75 Å². The lowest BCUT2D eigenvalue weighted by atomic mass is 10.0. The average molecular weight is 282 g/mol. The van der Waals surface area contributed by atoms with Crippen molar-refractivity contribution in [3.05, 3.63) is 53.6 Å². The Kier molecular flexibility index (Phi) is 3.29. The van der Waals surface area contributed by atoms with Gasteiger partial charge in [0.1, 0.15) is 5.75 Å². The maximum atomic E-state index is 12.3. The molecule has 0 saturated heterocycles. The number of hydrogen-bond donors (Lipinski definition) is 1. The van der Waals surface area contributed by atoms with E-state index in [2.05, 4.69) is 6.07 Å². The number of nitrogens with two attached hydrogens (primary N) is 1. The maximum absolute atomic E-state index is 12.3. The summed E-state index contributed by atoms with van der Waals surface area (Å²) >= 11 is 0. The molecule has 0 bridgehead atoms. The van der Waals surface area contributed by atoms with E-state index in [4.69, 9.17) is 10.5 Å². The molecule has 3 rings (SSSR count). The molecular formula is C17H18N2O2. The molecule has 0 unspecified atom stereocenters. The van der Waals surface area contributed by atoms with Crippen molar-refractivity contribution in [2.45, 2.75) is 19.9 Å². The molecule has 4 heteroatoms. The lowest BCUT2D eigenvalue weighted by Crippen LogP contribution is -2.40. The molecule has 4 nitrogen and oxygen atoms in total. The molecule has 1 aliphatic rings. The van der Waals surface area contributed by atoms with Crippen molar-refractivity contribution in [1.29, 1.82) is 0 Å². The first-order valence-electron chi connectivity index (χ1n) is 6.97. The predicted octanol–water partition coefficient (Wildman–Crippen LogP) is 3.06. The highest BCUT2D eigenvalue weighted by molar-refractivity contribution is 5.98. The number of benzene rings is 2. The number of rotatable bonds is 2. The highest BCUT2D eigenvalue weighted by Gasteiger charge is 2.30. The summed E-state index contributed by atoms with van der Waals surface area (Å²) in [5.74, 6) is 0.621. The molecule has 1 heterocycles. The normalized spacial score (nSPS) is 15.3. The van der Waals surface area contributed by atoms with Gasteiger partial charge in [-0.25, -0.2) is 0 Å². The summed E-state index contributed by atoms with van der Waals surface area (Å²) in [6.07, 6.45) is 0. The van der Waals surface area contributed by atoms with Gasteiger partial charge in [0.2, 0.25) is 0 Å². The molecule has 0 spiro atoms. The van der Waals surface area contributed by atoms with Gasteiger partial charge in [-0.1, -0.05) is 29.8 Å². The highest BCUT2D eigenvalue weighted by atomic mass is 16.5. The molecule has 2 aromatic rings. The minimum Gasteiger partial charge on any atom is -0.481 e. The fourth-order valence-electron chi connectivity index (χ4n) is 2.69. The van der Waals surface area contributed by atoms with Crippen LogP contribution in [-0.4, -0.2) is 12.5 Å². The van der Waals surface area contributed by atoms with Crippen LogP contribution in [0.3, 0.4) is 0 Å². The lowest BCUT2D eigenvalue weighted by molar-refractivity contribution is -0.121. The highest BCUT2D eigenvalue weighted by Crippen LogP contribution is 2.38. The SMILES string of the molecule is Cc1cccc([C@H](C)N2C(=O)COc3cc(N)ccc32)c1. The summed E-state index contributed by atoms with van der Waals surface area (Å²) in [5, 5.41) is 0. The minimum atomic E-state index is -0.0522. The minimum absolute atomic E-state index is 0.0405. The second kappa shape index (κ2) is 5.13. The molecule has 0 aliphatic carbocycles. The number of carbonyl (C=O) groups is 1. The van der Waals surface area contributed by atoms with Gasteiger partial charge >= 0.3 is 0 Å². The van der Waals surface area contributed by atoms with Crippen molar-refractivity contribution in [2.75, 3.05) is 17.2 Å². The van der Waals surface area contributed by atoms with Crippen molar-refractivity contribution in [1.82, 2.24) is 0 Å². The van der Waals surface area contributed by atoms with Gasteiger partial charge in [-0.2, -0.15) is 0 Å². The fourth-order valence-corrected chi connectivity index (χ4v) is 2.69. The summed E-state index contributed by atoms with van der Waals surface area (Å²) in [5.41, 5.74) is 9.47. The van der Waals surface area contributed by atoms with E-state index >= 15 is 0 Å². The van der Waals surface area contributed by atoms with Crippen LogP contribution < -0.4 is 15.4 Å². The van der Waals surface area contributed by atoms with E-state index in [1.54, 1.807) is 17.0 Å². The van der Waals surface area contributed by atoms with E-state index in [9.17, 15) is 4.79 Å². The van der Waals surface area contributed by atoms with E-state index in [0.29, 0.717) is 11.4 Å². The summed E-state index contributed by atoms with van der Waals surface area (Å²) in [4.78, 5) is 14.1. The molecule has 108 valence electrons. The smallest absolute Gasteiger partial charge is 0.265 e. The molecule has 2 aromatic carbocycles. The van der Waals surface area contributed by atoms with Crippen LogP contribution >= 0.6 is 0 Å². The molecule has 1 atom stereocenters. The van der Waals surface area contributed by atoms with E-state index in [1.165, 1.54) is 5.56 Å². The van der Waals surface area contributed by atoms with E-state index in [0.717, 1.165) is 11.3 Å². The second-order valence-corrected chi connectivity index (χ2v) is 5.37. The Morgan fingerprint density at radius 2 is 2.05 bits per heavy atom. The van der Waals surface area contributed by atoms with Crippen LogP contribution in [0.2, 0.25) is 0 Å². The summed E-state index contributed by atoms with van der Waals surface area (Å²) < 4.78 is 5.49. The Balaban J connectivity index is 2.03. The molecule has 2 N–H and O–H groups in total. The Morgan fingerprint density at radius 1 is 1.24 bits per heavy atom. The number of nitrogens with zero attached hydrogens (tertiary/aromatic N) is 1. The first kappa shape index (κ1) is 13.5. The standard InChI is InChI=1S/C17H18N2O2/c1-11-4-3-5-13(8-11)12(2)19-15-7-6-14(18)9-16(15)21-10-17(19)20/h3-9,12H,10,18H2,1-2H3/t12-/m0/s1. The molecule has 1 aliphatic heterocycles. The van der Waals surface area contributed by atoms with Crippen molar-refractivity contribution < 1.29 is 9.53 Å². The zero-order valence-electron chi connectivity index (χ0n) is 12.2. The Morgan fingerprint density at radius 3 is 2.81 bits per heavy atom. The molecule has 0 fully saturated rings. The monoisotopic (exact) mass is 282 g/mol. The number of nitrogen functional groups attached to an aromatic ring is 1. The maximum Gasteiger partial charge on any atom is 0.265 e. The molecule has 0 saturated carbocycles. The molecule has 1 amide bonds. The Hall–Kier alpha value is -2.49. The summed E-state index contributed by atoms with van der Waals surface area (Å²) in [6, 6.07) is 13.5. The van der Waals surface area contributed by atoms with Gasteiger partial charge in [-0.15, -0.1) is 0 Å². The second-order valence-electron chi connectivity index (χ2n) is 5.37. The van der Waals surface area contributed by atoms with Crippen LogP contribution in [0.1, 0.15) is 24.1 Å². The topological polar surface area (TPSA) is 55.6 Å². The third-order valence-electron chi connectivity index (χ3n) is 3.78.